The Morgan fingerprint density at radius 1 is 1.32 bits per heavy atom. The average molecular weight is 271 g/mol. The van der Waals surface area contributed by atoms with Gasteiger partial charge in [-0.1, -0.05) is 13.8 Å². The molecule has 106 valence electrons. The van der Waals surface area contributed by atoms with Gasteiger partial charge < -0.3 is 4.74 Å². The zero-order valence-corrected chi connectivity index (χ0v) is 11.7. The molecule has 5 nitrogen and oxygen atoms in total. The quantitative estimate of drug-likeness (QED) is 0.467. The molecule has 0 spiro atoms. The van der Waals surface area contributed by atoms with E-state index in [-0.39, 0.29) is 5.56 Å². The molecule has 0 aliphatic heterocycles. The second-order valence-corrected chi connectivity index (χ2v) is 4.43. The summed E-state index contributed by atoms with van der Waals surface area (Å²) in [5, 5.41) is 10.4. The standard InChI is InChI=1S/C11H12FNO4.C2H6/c1-11(2,3)17-10(14)7-4-5-9(13(15)16)8(12)6-7;1-2/h4-6H,1-3H3;1-2H3. The molecule has 1 rings (SSSR count). The zero-order chi connectivity index (χ0) is 15.2. The van der Waals surface area contributed by atoms with Gasteiger partial charge in [-0.3, -0.25) is 10.1 Å². The summed E-state index contributed by atoms with van der Waals surface area (Å²) in [7, 11) is 0. The van der Waals surface area contributed by atoms with Gasteiger partial charge in [0.1, 0.15) is 5.60 Å². The number of nitro groups is 1. The Bertz CT molecular complexity index is 466. The van der Waals surface area contributed by atoms with Crippen LogP contribution in [0.25, 0.3) is 0 Å². The molecule has 0 fully saturated rings. The van der Waals surface area contributed by atoms with Gasteiger partial charge in [-0.05, 0) is 32.9 Å². The first-order chi connectivity index (χ1) is 8.70. The number of benzene rings is 1. The van der Waals surface area contributed by atoms with E-state index >= 15 is 0 Å². The van der Waals surface area contributed by atoms with Crippen LogP contribution in [-0.4, -0.2) is 16.5 Å². The minimum Gasteiger partial charge on any atom is -0.456 e. The predicted molar refractivity (Wildman–Crippen MR) is 69.6 cm³/mol. The maximum absolute atomic E-state index is 13.2. The minimum absolute atomic E-state index is 0.0528. The number of carbonyl (C=O) groups excluding carboxylic acids is 1. The fourth-order valence-corrected chi connectivity index (χ4v) is 1.12. The van der Waals surface area contributed by atoms with Crippen molar-refractivity contribution in [2.75, 3.05) is 0 Å². The number of nitrogens with zero attached hydrogens (tertiary/aromatic N) is 1. The highest BCUT2D eigenvalue weighted by atomic mass is 19.1. The van der Waals surface area contributed by atoms with Crippen LogP contribution in [0, 0.1) is 15.9 Å². The summed E-state index contributed by atoms with van der Waals surface area (Å²) in [4.78, 5) is 21.1. The van der Waals surface area contributed by atoms with Gasteiger partial charge in [-0.15, -0.1) is 0 Å². The van der Waals surface area contributed by atoms with Crippen molar-refractivity contribution >= 4 is 11.7 Å². The van der Waals surface area contributed by atoms with Crippen LogP contribution >= 0.6 is 0 Å². The van der Waals surface area contributed by atoms with E-state index in [1.165, 1.54) is 0 Å². The molecular formula is C13H18FNO4. The molecule has 0 heterocycles. The van der Waals surface area contributed by atoms with E-state index in [0.29, 0.717) is 0 Å². The second kappa shape index (κ2) is 6.82. The Hall–Kier alpha value is -1.98. The van der Waals surface area contributed by atoms with Crippen LogP contribution in [-0.2, 0) is 4.74 Å². The average Bonchev–Trinajstić information content (AvgIpc) is 2.28. The fraction of sp³-hybridized carbons (Fsp3) is 0.462. The van der Waals surface area contributed by atoms with E-state index < -0.39 is 28.0 Å². The lowest BCUT2D eigenvalue weighted by Gasteiger charge is -2.19. The normalized spacial score (nSPS) is 10.2. The molecule has 6 heteroatoms. The zero-order valence-electron chi connectivity index (χ0n) is 11.7. The molecule has 0 aliphatic rings. The van der Waals surface area contributed by atoms with Gasteiger partial charge in [-0.25, -0.2) is 4.79 Å². The van der Waals surface area contributed by atoms with Gasteiger partial charge >= 0.3 is 11.7 Å². The number of halogens is 1. The highest BCUT2D eigenvalue weighted by molar-refractivity contribution is 5.90. The monoisotopic (exact) mass is 271 g/mol. The van der Waals surface area contributed by atoms with Crippen molar-refractivity contribution in [2.24, 2.45) is 0 Å². The number of hydrogen-bond acceptors (Lipinski definition) is 4. The Labute approximate surface area is 111 Å². The molecule has 0 atom stereocenters. The fourth-order valence-electron chi connectivity index (χ4n) is 1.12. The molecule has 0 aromatic heterocycles. The summed E-state index contributed by atoms with van der Waals surface area (Å²) >= 11 is 0. The largest absolute Gasteiger partial charge is 0.456 e. The van der Waals surface area contributed by atoms with Crippen LogP contribution in [0.2, 0.25) is 0 Å². The van der Waals surface area contributed by atoms with Crippen LogP contribution in [0.1, 0.15) is 45.0 Å². The molecule has 0 saturated heterocycles. The molecule has 0 radical (unpaired) electrons. The number of carbonyl (C=O) groups is 1. The first kappa shape index (κ1) is 17.0. The molecule has 0 bridgehead atoms. The van der Waals surface area contributed by atoms with E-state index in [9.17, 15) is 19.3 Å². The Morgan fingerprint density at radius 3 is 2.21 bits per heavy atom. The van der Waals surface area contributed by atoms with Crippen molar-refractivity contribution in [2.45, 2.75) is 40.2 Å². The number of ether oxygens (including phenoxy) is 1. The van der Waals surface area contributed by atoms with E-state index in [1.807, 2.05) is 13.8 Å². The van der Waals surface area contributed by atoms with Crippen molar-refractivity contribution < 1.29 is 18.8 Å². The minimum atomic E-state index is -1.06. The van der Waals surface area contributed by atoms with Crippen LogP contribution in [0.15, 0.2) is 18.2 Å². The van der Waals surface area contributed by atoms with Crippen molar-refractivity contribution in [1.82, 2.24) is 0 Å². The Balaban J connectivity index is 0.00000154. The Morgan fingerprint density at radius 2 is 1.84 bits per heavy atom. The van der Waals surface area contributed by atoms with Crippen LogP contribution < -0.4 is 0 Å². The third-order valence-corrected chi connectivity index (χ3v) is 1.78. The van der Waals surface area contributed by atoms with Crippen LogP contribution in [0.3, 0.4) is 0 Å². The summed E-state index contributed by atoms with van der Waals surface area (Å²) in [6.45, 7) is 9.02. The number of hydrogen-bond donors (Lipinski definition) is 0. The van der Waals surface area contributed by atoms with Gasteiger partial charge in [-0.2, -0.15) is 4.39 Å². The van der Waals surface area contributed by atoms with E-state index in [2.05, 4.69) is 0 Å². The highest BCUT2D eigenvalue weighted by Gasteiger charge is 2.21. The van der Waals surface area contributed by atoms with Gasteiger partial charge in [0, 0.05) is 6.07 Å². The lowest BCUT2D eigenvalue weighted by molar-refractivity contribution is -0.387. The van der Waals surface area contributed by atoms with Gasteiger partial charge in [0.25, 0.3) is 0 Å². The SMILES string of the molecule is CC.CC(C)(C)OC(=O)c1ccc([N+](=O)[O-])c(F)c1. The van der Waals surface area contributed by atoms with Crippen LogP contribution in [0.4, 0.5) is 10.1 Å². The number of nitro benzene ring substituents is 1. The molecule has 0 unspecified atom stereocenters. The first-order valence-electron chi connectivity index (χ1n) is 5.88. The summed E-state index contributed by atoms with van der Waals surface area (Å²) in [6.07, 6.45) is 0. The third kappa shape index (κ3) is 5.46. The molecule has 1 aromatic rings. The maximum atomic E-state index is 13.2. The van der Waals surface area contributed by atoms with Crippen molar-refractivity contribution in [3.8, 4) is 0 Å². The summed E-state index contributed by atoms with van der Waals surface area (Å²) < 4.78 is 18.2. The molecule has 19 heavy (non-hydrogen) atoms. The summed E-state index contributed by atoms with van der Waals surface area (Å²) in [5.74, 6) is -1.77. The number of esters is 1. The Kier molecular flexibility index (Phi) is 6.11. The third-order valence-electron chi connectivity index (χ3n) is 1.78. The molecule has 0 aliphatic carbocycles. The van der Waals surface area contributed by atoms with Gasteiger partial charge in [0.05, 0.1) is 10.5 Å². The van der Waals surface area contributed by atoms with Crippen molar-refractivity contribution in [3.63, 3.8) is 0 Å². The molecule has 0 amide bonds. The van der Waals surface area contributed by atoms with E-state index in [4.69, 9.17) is 4.74 Å². The van der Waals surface area contributed by atoms with E-state index in [0.717, 1.165) is 18.2 Å². The predicted octanol–water partition coefficient (Wildman–Crippen LogP) is 3.72. The summed E-state index contributed by atoms with van der Waals surface area (Å²) in [5.41, 5.74) is -1.42. The lowest BCUT2D eigenvalue weighted by atomic mass is 10.1. The van der Waals surface area contributed by atoms with E-state index in [1.54, 1.807) is 20.8 Å². The first-order valence-corrected chi connectivity index (χ1v) is 5.88. The molecule has 1 aromatic carbocycles. The number of rotatable bonds is 2. The van der Waals surface area contributed by atoms with Crippen molar-refractivity contribution in [3.05, 3.63) is 39.7 Å². The van der Waals surface area contributed by atoms with Crippen LogP contribution in [0.5, 0.6) is 0 Å². The summed E-state index contributed by atoms with van der Waals surface area (Å²) in [6, 6.07) is 2.90. The highest BCUT2D eigenvalue weighted by Crippen LogP contribution is 2.19. The van der Waals surface area contributed by atoms with Gasteiger partial charge in [0.15, 0.2) is 0 Å². The molecule has 0 N–H and O–H groups in total. The molecular weight excluding hydrogens is 253 g/mol. The smallest absolute Gasteiger partial charge is 0.338 e. The van der Waals surface area contributed by atoms with Crippen molar-refractivity contribution in [1.29, 1.82) is 0 Å². The second-order valence-electron chi connectivity index (χ2n) is 4.43. The topological polar surface area (TPSA) is 69.4 Å². The lowest BCUT2D eigenvalue weighted by Crippen LogP contribution is -2.23. The molecule has 0 saturated carbocycles. The van der Waals surface area contributed by atoms with Gasteiger partial charge in [0.2, 0.25) is 5.82 Å². The maximum Gasteiger partial charge on any atom is 0.338 e.